The standard InChI is InChI=1S/C22H21ClF2N4O5/c23-11-5-14-21(29-22(27-14)34-16-7-32-18-15(30)6-31-19(16)18)28-20(11)26-13-2-1-9-3-10(33-8-24)4-12(25)17(9)13/h3-5,13,15-16,18-19,30H,1-2,6-8H2,(H2,26,27,28,29)/t13?,15-,16-,18-,19-/m1/s1. The Balaban J connectivity index is 1.22. The molecule has 3 aromatic rings. The number of hydrogen-bond donors (Lipinski definition) is 3. The predicted molar refractivity (Wildman–Crippen MR) is 116 cm³/mol. The van der Waals surface area contributed by atoms with Gasteiger partial charge in [-0.1, -0.05) is 11.6 Å². The highest BCUT2D eigenvalue weighted by Gasteiger charge is 2.48. The number of nitrogens with one attached hydrogen (secondary N) is 2. The number of anilines is 1. The van der Waals surface area contributed by atoms with Gasteiger partial charge in [-0.3, -0.25) is 0 Å². The van der Waals surface area contributed by atoms with E-state index in [0.29, 0.717) is 40.4 Å². The van der Waals surface area contributed by atoms with Crippen LogP contribution in [-0.2, 0) is 15.9 Å². The molecule has 6 rings (SSSR count). The highest BCUT2D eigenvalue weighted by molar-refractivity contribution is 6.33. The van der Waals surface area contributed by atoms with Gasteiger partial charge in [-0.2, -0.15) is 4.98 Å². The molecule has 0 spiro atoms. The summed E-state index contributed by atoms with van der Waals surface area (Å²) < 4.78 is 49.1. The van der Waals surface area contributed by atoms with Gasteiger partial charge in [-0.15, -0.1) is 0 Å². The van der Waals surface area contributed by atoms with Gasteiger partial charge in [0.15, 0.2) is 11.8 Å². The molecule has 34 heavy (non-hydrogen) atoms. The van der Waals surface area contributed by atoms with E-state index in [9.17, 15) is 13.9 Å². The number of alkyl halides is 1. The Morgan fingerprint density at radius 3 is 2.91 bits per heavy atom. The van der Waals surface area contributed by atoms with Gasteiger partial charge in [0.05, 0.1) is 29.8 Å². The zero-order valence-corrected chi connectivity index (χ0v) is 18.5. The van der Waals surface area contributed by atoms with E-state index in [1.807, 2.05) is 0 Å². The SMILES string of the molecule is O[C@@H]1CO[C@H]2[C@@H]1OC[C@H]2Oc1nc2nc(NC3CCc4cc(OCF)cc(F)c43)c(Cl)cc2[nH]1. The van der Waals surface area contributed by atoms with Gasteiger partial charge in [0.2, 0.25) is 6.86 Å². The van der Waals surface area contributed by atoms with Crippen molar-refractivity contribution >= 4 is 28.6 Å². The molecule has 2 aromatic heterocycles. The Hall–Kier alpha value is -2.73. The fourth-order valence-electron chi connectivity index (χ4n) is 4.89. The molecule has 3 aliphatic rings. The molecule has 0 saturated carbocycles. The lowest BCUT2D eigenvalue weighted by Crippen LogP contribution is -2.34. The zero-order chi connectivity index (χ0) is 23.4. The molecule has 1 unspecified atom stereocenters. The van der Waals surface area contributed by atoms with Crippen molar-refractivity contribution in [3.05, 3.63) is 40.2 Å². The minimum atomic E-state index is -1.02. The molecule has 2 fully saturated rings. The number of rotatable bonds is 6. The van der Waals surface area contributed by atoms with Crippen molar-refractivity contribution in [3.63, 3.8) is 0 Å². The van der Waals surface area contributed by atoms with E-state index in [-0.39, 0.29) is 37.1 Å². The summed E-state index contributed by atoms with van der Waals surface area (Å²) in [4.78, 5) is 11.9. The van der Waals surface area contributed by atoms with E-state index in [2.05, 4.69) is 20.3 Å². The third-order valence-electron chi connectivity index (χ3n) is 6.42. The number of H-pyrrole nitrogens is 1. The van der Waals surface area contributed by atoms with Crippen LogP contribution >= 0.6 is 11.6 Å². The van der Waals surface area contributed by atoms with Crippen LogP contribution in [0.3, 0.4) is 0 Å². The van der Waals surface area contributed by atoms with Gasteiger partial charge in [0.25, 0.3) is 6.01 Å². The Morgan fingerprint density at radius 1 is 1.21 bits per heavy atom. The van der Waals surface area contributed by atoms with Crippen LogP contribution < -0.4 is 14.8 Å². The average Bonchev–Trinajstić information content (AvgIpc) is 3.56. The second-order valence-corrected chi connectivity index (χ2v) is 8.93. The van der Waals surface area contributed by atoms with Gasteiger partial charge in [-0.25, -0.2) is 13.8 Å². The molecule has 0 bridgehead atoms. The minimum absolute atomic E-state index is 0.164. The summed E-state index contributed by atoms with van der Waals surface area (Å²) in [5.74, 6) is 0.0533. The first-order chi connectivity index (χ1) is 16.5. The molecular formula is C22H21ClF2N4O5. The molecule has 2 aliphatic heterocycles. The van der Waals surface area contributed by atoms with Crippen molar-refractivity contribution in [2.45, 2.75) is 43.3 Å². The largest absolute Gasteiger partial charge is 0.463 e. The van der Waals surface area contributed by atoms with Crippen LogP contribution in [0, 0.1) is 5.82 Å². The van der Waals surface area contributed by atoms with E-state index in [1.165, 1.54) is 6.07 Å². The number of hydrogen-bond acceptors (Lipinski definition) is 8. The number of pyridine rings is 1. The van der Waals surface area contributed by atoms with Gasteiger partial charge in [-0.05, 0) is 30.5 Å². The number of ether oxygens (including phenoxy) is 4. The van der Waals surface area contributed by atoms with Crippen LogP contribution in [0.4, 0.5) is 14.6 Å². The minimum Gasteiger partial charge on any atom is -0.463 e. The van der Waals surface area contributed by atoms with Crippen LogP contribution in [0.1, 0.15) is 23.6 Å². The highest BCUT2D eigenvalue weighted by Crippen LogP contribution is 2.39. The molecule has 0 radical (unpaired) electrons. The summed E-state index contributed by atoms with van der Waals surface area (Å²) >= 11 is 6.45. The maximum Gasteiger partial charge on any atom is 0.296 e. The Labute approximate surface area is 197 Å². The molecule has 3 N–H and O–H groups in total. The van der Waals surface area contributed by atoms with E-state index in [4.69, 9.17) is 30.5 Å². The quantitative estimate of drug-likeness (QED) is 0.479. The number of fused-ring (bicyclic) bond motifs is 3. The van der Waals surface area contributed by atoms with Crippen molar-refractivity contribution in [1.29, 1.82) is 0 Å². The maximum absolute atomic E-state index is 14.7. The number of aliphatic hydroxyl groups excluding tert-OH is 1. The van der Waals surface area contributed by atoms with Crippen molar-refractivity contribution in [3.8, 4) is 11.8 Å². The molecule has 1 aromatic carbocycles. The third kappa shape index (κ3) is 3.72. The van der Waals surface area contributed by atoms with Crippen molar-refractivity contribution in [1.82, 2.24) is 15.0 Å². The average molecular weight is 495 g/mol. The number of aliphatic hydroxyl groups is 1. The third-order valence-corrected chi connectivity index (χ3v) is 6.71. The molecule has 5 atom stereocenters. The van der Waals surface area contributed by atoms with Crippen molar-refractivity contribution in [2.24, 2.45) is 0 Å². The second-order valence-electron chi connectivity index (χ2n) is 8.52. The Kier molecular flexibility index (Phi) is 5.44. The number of imidazole rings is 1. The predicted octanol–water partition coefficient (Wildman–Crippen LogP) is 3.06. The van der Waals surface area contributed by atoms with Gasteiger partial charge in [0.1, 0.15) is 35.7 Å². The molecular weight excluding hydrogens is 474 g/mol. The summed E-state index contributed by atoms with van der Waals surface area (Å²) in [6.45, 7) is -0.537. The number of aromatic amines is 1. The monoisotopic (exact) mass is 494 g/mol. The molecule has 0 amide bonds. The number of nitrogens with zero attached hydrogens (tertiary/aromatic N) is 2. The molecule has 12 heteroatoms. The van der Waals surface area contributed by atoms with E-state index >= 15 is 0 Å². The molecule has 4 heterocycles. The first-order valence-corrected chi connectivity index (χ1v) is 11.3. The van der Waals surface area contributed by atoms with Crippen molar-refractivity contribution < 1.29 is 32.8 Å². The highest BCUT2D eigenvalue weighted by atomic mass is 35.5. The number of aryl methyl sites for hydroxylation is 1. The summed E-state index contributed by atoms with van der Waals surface area (Å²) in [7, 11) is 0. The number of benzene rings is 1. The number of aromatic nitrogens is 3. The van der Waals surface area contributed by atoms with Crippen LogP contribution in [0.2, 0.25) is 5.02 Å². The van der Waals surface area contributed by atoms with Crippen LogP contribution in [0.25, 0.3) is 11.2 Å². The second kappa shape index (κ2) is 8.49. The normalized spacial score (nSPS) is 27.7. The molecule has 1 aliphatic carbocycles. The Bertz CT molecular complexity index is 1240. The van der Waals surface area contributed by atoms with Crippen molar-refractivity contribution in [2.75, 3.05) is 25.4 Å². The van der Waals surface area contributed by atoms with Crippen LogP contribution in [0.15, 0.2) is 18.2 Å². The fraction of sp³-hybridized carbons (Fsp3) is 0.455. The molecule has 9 nitrogen and oxygen atoms in total. The van der Waals surface area contributed by atoms with Gasteiger partial charge < -0.3 is 34.4 Å². The maximum atomic E-state index is 14.7. The lowest BCUT2D eigenvalue weighted by atomic mass is 10.1. The number of halogens is 3. The summed E-state index contributed by atoms with van der Waals surface area (Å²) in [6.07, 6.45) is -0.642. The van der Waals surface area contributed by atoms with Crippen LogP contribution in [-0.4, -0.2) is 64.5 Å². The van der Waals surface area contributed by atoms with E-state index < -0.39 is 31.0 Å². The van der Waals surface area contributed by atoms with E-state index in [0.717, 1.165) is 5.56 Å². The first-order valence-electron chi connectivity index (χ1n) is 10.9. The van der Waals surface area contributed by atoms with E-state index in [1.54, 1.807) is 12.1 Å². The smallest absolute Gasteiger partial charge is 0.296 e. The first kappa shape index (κ1) is 21.8. The zero-order valence-electron chi connectivity index (χ0n) is 17.8. The van der Waals surface area contributed by atoms with Gasteiger partial charge >= 0.3 is 0 Å². The fourth-order valence-corrected chi connectivity index (χ4v) is 5.09. The molecule has 180 valence electrons. The Morgan fingerprint density at radius 2 is 2.06 bits per heavy atom. The lowest BCUT2D eigenvalue weighted by Gasteiger charge is -2.17. The van der Waals surface area contributed by atoms with Gasteiger partial charge in [0, 0.05) is 11.6 Å². The topological polar surface area (TPSA) is 111 Å². The molecule has 2 saturated heterocycles. The summed E-state index contributed by atoms with van der Waals surface area (Å²) in [6, 6.07) is 4.37. The summed E-state index contributed by atoms with van der Waals surface area (Å²) in [5.41, 5.74) is 2.18. The van der Waals surface area contributed by atoms with Crippen LogP contribution in [0.5, 0.6) is 11.8 Å². The lowest BCUT2D eigenvalue weighted by molar-refractivity contribution is 0.00706. The summed E-state index contributed by atoms with van der Waals surface area (Å²) in [5, 5.41) is 13.4.